The molecule has 2 rings (SSSR count). The number of alkyl halides is 3. The quantitative estimate of drug-likeness (QED) is 0.580. The van der Waals surface area contributed by atoms with Crippen LogP contribution < -0.4 is 4.72 Å². The van der Waals surface area contributed by atoms with Crippen molar-refractivity contribution in [2.24, 2.45) is 5.92 Å². The standard InChI is InChI=1S/C21H31F3N2OS/c1-13(2)11-26-12-17(16-9-8-15(14(3)4)10-18(16)26)19(21(22,23)24)25-28(27)20(5,6)7/h8-10,12-14,19,25H,11H2,1-7H3/t19-,28?/m0/s1. The van der Waals surface area contributed by atoms with E-state index in [1.165, 1.54) is 0 Å². The highest BCUT2D eigenvalue weighted by Crippen LogP contribution is 2.39. The van der Waals surface area contributed by atoms with E-state index in [-0.39, 0.29) is 17.4 Å². The van der Waals surface area contributed by atoms with Crippen LogP contribution in [0.5, 0.6) is 0 Å². The molecule has 0 amide bonds. The van der Waals surface area contributed by atoms with Crippen molar-refractivity contribution in [1.82, 2.24) is 9.29 Å². The SMILES string of the molecule is CC(C)Cn1cc([C@H](N[S+]([O-])C(C)(C)C)C(F)(F)F)c2ccc(C(C)C)cc21. The minimum absolute atomic E-state index is 0.121. The van der Waals surface area contributed by atoms with E-state index in [0.29, 0.717) is 11.9 Å². The number of fused-ring (bicyclic) bond motifs is 1. The van der Waals surface area contributed by atoms with E-state index < -0.39 is 28.3 Å². The van der Waals surface area contributed by atoms with E-state index in [1.54, 1.807) is 33.0 Å². The van der Waals surface area contributed by atoms with Gasteiger partial charge in [0.2, 0.25) is 0 Å². The second-order valence-electron chi connectivity index (χ2n) is 9.04. The third-order valence-electron chi connectivity index (χ3n) is 4.59. The number of hydrogen-bond donors (Lipinski definition) is 1. The molecule has 1 aromatic heterocycles. The van der Waals surface area contributed by atoms with Gasteiger partial charge in [0, 0.05) is 40.6 Å². The van der Waals surface area contributed by atoms with Crippen LogP contribution in [0.2, 0.25) is 0 Å². The predicted molar refractivity (Wildman–Crippen MR) is 111 cm³/mol. The maximum Gasteiger partial charge on any atom is 0.412 e. The summed E-state index contributed by atoms with van der Waals surface area (Å²) < 4.78 is 57.8. The minimum Gasteiger partial charge on any atom is -0.598 e. The molecule has 7 heteroatoms. The van der Waals surface area contributed by atoms with Crippen molar-refractivity contribution in [3.63, 3.8) is 0 Å². The summed E-state index contributed by atoms with van der Waals surface area (Å²) in [6.07, 6.45) is -2.99. The van der Waals surface area contributed by atoms with Gasteiger partial charge in [-0.15, -0.1) is 4.72 Å². The summed E-state index contributed by atoms with van der Waals surface area (Å²) in [6, 6.07) is 3.62. The van der Waals surface area contributed by atoms with Crippen LogP contribution in [0.3, 0.4) is 0 Å². The molecule has 0 spiro atoms. The van der Waals surface area contributed by atoms with Gasteiger partial charge in [0.25, 0.3) is 0 Å². The van der Waals surface area contributed by atoms with Gasteiger partial charge in [-0.25, -0.2) is 0 Å². The molecule has 0 aliphatic rings. The first-order valence-electron chi connectivity index (χ1n) is 9.59. The van der Waals surface area contributed by atoms with Crippen LogP contribution in [-0.4, -0.2) is 20.0 Å². The Bertz CT molecular complexity index is 806. The lowest BCUT2D eigenvalue weighted by Crippen LogP contribution is -2.45. The molecular weight excluding hydrogens is 385 g/mol. The lowest BCUT2D eigenvalue weighted by Gasteiger charge is -2.29. The summed E-state index contributed by atoms with van der Waals surface area (Å²) in [7, 11) is 0. The highest BCUT2D eigenvalue weighted by Gasteiger charge is 2.47. The number of aromatic nitrogens is 1. The normalized spacial score (nSPS) is 15.6. The zero-order chi connectivity index (χ0) is 21.4. The maximum atomic E-state index is 14.0. The Balaban J connectivity index is 2.64. The van der Waals surface area contributed by atoms with Crippen LogP contribution in [0.15, 0.2) is 24.4 Å². The molecule has 0 bridgehead atoms. The van der Waals surface area contributed by atoms with Gasteiger partial charge in [-0.3, -0.25) is 0 Å². The molecule has 0 radical (unpaired) electrons. The first-order chi connectivity index (χ1) is 12.7. The first-order valence-corrected chi connectivity index (χ1v) is 10.7. The highest BCUT2D eigenvalue weighted by atomic mass is 32.2. The average Bonchev–Trinajstić information content (AvgIpc) is 2.87. The van der Waals surface area contributed by atoms with Gasteiger partial charge in [0.05, 0.1) is 0 Å². The van der Waals surface area contributed by atoms with Gasteiger partial charge < -0.3 is 9.12 Å². The largest absolute Gasteiger partial charge is 0.598 e. The predicted octanol–water partition coefficient (Wildman–Crippen LogP) is 6.08. The van der Waals surface area contributed by atoms with Crippen LogP contribution >= 0.6 is 0 Å². The van der Waals surface area contributed by atoms with Gasteiger partial charge in [-0.1, -0.05) is 39.8 Å². The number of hydrogen-bond acceptors (Lipinski definition) is 2. The van der Waals surface area contributed by atoms with E-state index in [1.807, 2.05) is 30.5 Å². The molecule has 0 fully saturated rings. The molecule has 1 unspecified atom stereocenters. The van der Waals surface area contributed by atoms with Gasteiger partial charge >= 0.3 is 6.18 Å². The van der Waals surface area contributed by atoms with E-state index in [4.69, 9.17) is 0 Å². The molecule has 0 saturated carbocycles. The van der Waals surface area contributed by atoms with Crippen molar-refractivity contribution >= 4 is 22.3 Å². The van der Waals surface area contributed by atoms with Crippen molar-refractivity contribution in [3.8, 4) is 0 Å². The summed E-state index contributed by atoms with van der Waals surface area (Å²) in [5, 5.41) is 0.547. The summed E-state index contributed by atoms with van der Waals surface area (Å²) in [4.78, 5) is 0. The summed E-state index contributed by atoms with van der Waals surface area (Å²) in [5.74, 6) is 0.562. The second-order valence-corrected chi connectivity index (χ2v) is 11.0. The van der Waals surface area contributed by atoms with Gasteiger partial charge in [-0.05, 0) is 44.2 Å². The monoisotopic (exact) mass is 416 g/mol. The number of nitrogens with one attached hydrogen (secondary N) is 1. The summed E-state index contributed by atoms with van der Waals surface area (Å²) in [5.41, 5.74) is 1.99. The van der Waals surface area contributed by atoms with Crippen molar-refractivity contribution < 1.29 is 17.7 Å². The van der Waals surface area contributed by atoms with Gasteiger partial charge in [-0.2, -0.15) is 13.2 Å². The van der Waals surface area contributed by atoms with Crippen LogP contribution in [-0.2, 0) is 17.9 Å². The highest BCUT2D eigenvalue weighted by molar-refractivity contribution is 7.90. The Hall–Kier alpha value is -1.18. The van der Waals surface area contributed by atoms with E-state index in [2.05, 4.69) is 18.6 Å². The Morgan fingerprint density at radius 2 is 1.71 bits per heavy atom. The van der Waals surface area contributed by atoms with E-state index in [0.717, 1.165) is 11.1 Å². The van der Waals surface area contributed by atoms with Crippen LogP contribution in [0.1, 0.15) is 71.6 Å². The fourth-order valence-electron chi connectivity index (χ4n) is 3.06. The Morgan fingerprint density at radius 3 is 2.18 bits per heavy atom. The minimum atomic E-state index is -4.56. The average molecular weight is 417 g/mol. The molecular formula is C21H31F3N2OS. The number of rotatable bonds is 6. The molecule has 28 heavy (non-hydrogen) atoms. The zero-order valence-electron chi connectivity index (χ0n) is 17.6. The second kappa shape index (κ2) is 8.28. The smallest absolute Gasteiger partial charge is 0.412 e. The lowest BCUT2D eigenvalue weighted by molar-refractivity contribution is -0.152. The number of halogens is 3. The fourth-order valence-corrected chi connectivity index (χ4v) is 3.89. The summed E-state index contributed by atoms with van der Waals surface area (Å²) >= 11 is -1.85. The lowest BCUT2D eigenvalue weighted by atomic mass is 9.99. The Labute approximate surface area is 169 Å². The van der Waals surface area contributed by atoms with Crippen LogP contribution in [0.25, 0.3) is 10.9 Å². The molecule has 1 heterocycles. The third-order valence-corrected chi connectivity index (χ3v) is 6.15. The molecule has 2 aromatic rings. The maximum absolute atomic E-state index is 14.0. The Kier molecular flexibility index (Phi) is 6.83. The van der Waals surface area contributed by atoms with E-state index in [9.17, 15) is 17.7 Å². The van der Waals surface area contributed by atoms with Crippen molar-refractivity contribution in [3.05, 3.63) is 35.5 Å². The molecule has 0 saturated heterocycles. The molecule has 3 nitrogen and oxygen atoms in total. The van der Waals surface area contributed by atoms with Crippen molar-refractivity contribution in [2.45, 2.75) is 77.9 Å². The van der Waals surface area contributed by atoms with Crippen LogP contribution in [0.4, 0.5) is 13.2 Å². The Morgan fingerprint density at radius 1 is 1.11 bits per heavy atom. The third kappa shape index (κ3) is 5.24. The first kappa shape index (κ1) is 23.1. The zero-order valence-corrected chi connectivity index (χ0v) is 18.5. The van der Waals surface area contributed by atoms with Crippen LogP contribution in [0, 0.1) is 5.92 Å². The molecule has 2 atom stereocenters. The molecule has 1 aromatic carbocycles. The van der Waals surface area contributed by atoms with Crippen molar-refractivity contribution in [2.75, 3.05) is 0 Å². The van der Waals surface area contributed by atoms with Gasteiger partial charge in [0.15, 0.2) is 6.04 Å². The number of nitrogens with zero attached hydrogens (tertiary/aromatic N) is 1. The molecule has 0 aliphatic heterocycles. The van der Waals surface area contributed by atoms with E-state index >= 15 is 0 Å². The number of benzene rings is 1. The van der Waals surface area contributed by atoms with Gasteiger partial charge in [0.1, 0.15) is 4.75 Å². The molecule has 1 N–H and O–H groups in total. The summed E-state index contributed by atoms with van der Waals surface area (Å²) in [6.45, 7) is 13.8. The molecule has 158 valence electrons. The fraction of sp³-hybridized carbons (Fsp3) is 0.619. The van der Waals surface area contributed by atoms with Crippen molar-refractivity contribution in [1.29, 1.82) is 0 Å². The molecule has 0 aliphatic carbocycles. The topological polar surface area (TPSA) is 40.0 Å².